The van der Waals surface area contributed by atoms with Gasteiger partial charge in [0.1, 0.15) is 23.0 Å². The van der Waals surface area contributed by atoms with E-state index in [0.717, 1.165) is 18.6 Å². The number of hydrogen-bond donors (Lipinski definition) is 1. The number of nitrogens with one attached hydrogen (secondary N) is 1. The lowest BCUT2D eigenvalue weighted by atomic mass is 10.0. The Bertz CT molecular complexity index is 1410. The van der Waals surface area contributed by atoms with Crippen LogP contribution in [0, 0.1) is 11.6 Å². The number of rotatable bonds is 4. The molecule has 0 bridgehead atoms. The predicted molar refractivity (Wildman–Crippen MR) is 113 cm³/mol. The largest absolute Gasteiger partial charge is 0.462 e. The first-order valence-electron chi connectivity index (χ1n) is 10.3. The van der Waals surface area contributed by atoms with Crippen LogP contribution in [0.5, 0.6) is 0 Å². The number of halogens is 2. The van der Waals surface area contributed by atoms with Crippen molar-refractivity contribution < 1.29 is 18.3 Å². The average Bonchev–Trinajstić information content (AvgIpc) is 3.38. The van der Waals surface area contributed by atoms with Crippen LogP contribution < -0.4 is 10.5 Å². The van der Waals surface area contributed by atoms with Crippen LogP contribution in [0.3, 0.4) is 0 Å². The summed E-state index contributed by atoms with van der Waals surface area (Å²) in [5, 5.41) is 4.79. The molecule has 3 aromatic heterocycles. The number of pyridine rings is 1. The number of carbonyl (C=O) groups is 1. The number of aromatic nitrogens is 4. The number of H-pyrrole nitrogens is 1. The summed E-state index contributed by atoms with van der Waals surface area (Å²) in [5.74, 6) is -1.12. The fraction of sp³-hybridized carbons (Fsp3) is 0.273. The number of benzene rings is 1. The van der Waals surface area contributed by atoms with E-state index in [1.165, 1.54) is 16.6 Å². The molecule has 1 fully saturated rings. The third kappa shape index (κ3) is 3.28. The molecule has 1 atom stereocenters. The molecule has 1 N–H and O–H groups in total. The number of aromatic amines is 1. The summed E-state index contributed by atoms with van der Waals surface area (Å²) in [6, 6.07) is 6.25. The molecule has 0 amide bonds. The summed E-state index contributed by atoms with van der Waals surface area (Å²) in [6.07, 6.45) is 3.14. The lowest BCUT2D eigenvalue weighted by Gasteiger charge is -2.26. The van der Waals surface area contributed by atoms with Crippen LogP contribution in [0.2, 0.25) is 0 Å². The van der Waals surface area contributed by atoms with Gasteiger partial charge in [0.25, 0.3) is 5.56 Å². The van der Waals surface area contributed by atoms with Gasteiger partial charge in [-0.15, -0.1) is 5.10 Å². The first-order valence-corrected chi connectivity index (χ1v) is 10.3. The molecule has 0 spiro atoms. The number of anilines is 1. The molecular weight excluding hydrogens is 420 g/mol. The maximum absolute atomic E-state index is 14.4. The summed E-state index contributed by atoms with van der Waals surface area (Å²) in [6.45, 7) is 2.42. The van der Waals surface area contributed by atoms with Gasteiger partial charge >= 0.3 is 5.97 Å². The van der Waals surface area contributed by atoms with Crippen LogP contribution in [0.15, 0.2) is 41.3 Å². The number of carbonyl (C=O) groups excluding carboxylic acids is 1. The van der Waals surface area contributed by atoms with E-state index in [-0.39, 0.29) is 29.4 Å². The maximum Gasteiger partial charge on any atom is 0.343 e. The number of fused-ring (bicyclic) bond motifs is 3. The van der Waals surface area contributed by atoms with E-state index in [9.17, 15) is 18.4 Å². The molecule has 0 radical (unpaired) electrons. The number of hydrogen-bond acceptors (Lipinski definition) is 6. The number of nitrogens with zero attached hydrogens (tertiary/aromatic N) is 4. The molecule has 1 aromatic carbocycles. The Balaban J connectivity index is 1.61. The van der Waals surface area contributed by atoms with Gasteiger partial charge in [-0.05, 0) is 50.1 Å². The van der Waals surface area contributed by atoms with Crippen LogP contribution in [0.1, 0.15) is 41.7 Å². The van der Waals surface area contributed by atoms with Gasteiger partial charge in [0.15, 0.2) is 11.3 Å². The van der Waals surface area contributed by atoms with Crippen molar-refractivity contribution in [3.8, 4) is 0 Å². The molecule has 0 saturated carbocycles. The Morgan fingerprint density at radius 3 is 2.94 bits per heavy atom. The van der Waals surface area contributed by atoms with Gasteiger partial charge in [-0.2, -0.15) is 0 Å². The Morgan fingerprint density at radius 1 is 1.28 bits per heavy atom. The molecule has 1 aliphatic heterocycles. The molecule has 4 aromatic rings. The highest BCUT2D eigenvalue weighted by atomic mass is 19.1. The van der Waals surface area contributed by atoms with Crippen molar-refractivity contribution in [1.29, 1.82) is 0 Å². The van der Waals surface area contributed by atoms with Crippen molar-refractivity contribution in [3.05, 3.63) is 69.6 Å². The SMILES string of the molecule is CCOC(=O)c1cc2c(nn3ccc(N4CCC[C@@H]4c4cc(F)ccc4F)nc23)[nH]c1=O. The molecule has 8 nitrogen and oxygen atoms in total. The molecule has 0 unspecified atom stereocenters. The fourth-order valence-corrected chi connectivity index (χ4v) is 4.20. The topological polar surface area (TPSA) is 92.6 Å². The second-order valence-corrected chi connectivity index (χ2v) is 7.57. The van der Waals surface area contributed by atoms with Crippen molar-refractivity contribution in [2.24, 2.45) is 0 Å². The van der Waals surface area contributed by atoms with Crippen LogP contribution in [0.25, 0.3) is 16.7 Å². The highest BCUT2D eigenvalue weighted by Crippen LogP contribution is 2.37. The summed E-state index contributed by atoms with van der Waals surface area (Å²) in [7, 11) is 0. The van der Waals surface area contributed by atoms with E-state index < -0.39 is 23.2 Å². The summed E-state index contributed by atoms with van der Waals surface area (Å²) in [5.41, 5.74) is 0.256. The summed E-state index contributed by atoms with van der Waals surface area (Å²) < 4.78 is 34.7. The molecule has 1 aliphatic rings. The zero-order valence-electron chi connectivity index (χ0n) is 17.1. The normalized spacial score (nSPS) is 16.2. The van der Waals surface area contributed by atoms with E-state index >= 15 is 0 Å². The van der Waals surface area contributed by atoms with Crippen molar-refractivity contribution >= 4 is 28.5 Å². The number of ether oxygens (including phenoxy) is 1. The number of esters is 1. The first-order chi connectivity index (χ1) is 15.5. The second kappa shape index (κ2) is 7.70. The van der Waals surface area contributed by atoms with Gasteiger partial charge in [-0.3, -0.25) is 4.79 Å². The lowest BCUT2D eigenvalue weighted by molar-refractivity contribution is 0.0524. The summed E-state index contributed by atoms with van der Waals surface area (Å²) >= 11 is 0. The van der Waals surface area contributed by atoms with Gasteiger partial charge in [0, 0.05) is 18.3 Å². The maximum atomic E-state index is 14.4. The minimum Gasteiger partial charge on any atom is -0.462 e. The Kier molecular flexibility index (Phi) is 4.84. The van der Waals surface area contributed by atoms with Gasteiger partial charge in [0.05, 0.1) is 18.0 Å². The minimum atomic E-state index is -0.729. The third-order valence-electron chi connectivity index (χ3n) is 5.63. The zero-order valence-corrected chi connectivity index (χ0v) is 17.1. The van der Waals surface area contributed by atoms with E-state index in [1.807, 2.05) is 4.90 Å². The molecule has 164 valence electrons. The smallest absolute Gasteiger partial charge is 0.343 e. The predicted octanol–water partition coefficient (Wildman–Crippen LogP) is 3.37. The molecular formula is C22H19F2N5O3. The van der Waals surface area contributed by atoms with Crippen LogP contribution >= 0.6 is 0 Å². The van der Waals surface area contributed by atoms with Crippen molar-refractivity contribution in [2.45, 2.75) is 25.8 Å². The first kappa shape index (κ1) is 20.1. The Morgan fingerprint density at radius 2 is 2.12 bits per heavy atom. The Hall–Kier alpha value is -3.82. The van der Waals surface area contributed by atoms with E-state index in [1.54, 1.807) is 19.2 Å². The van der Waals surface area contributed by atoms with Gasteiger partial charge in [0.2, 0.25) is 0 Å². The van der Waals surface area contributed by atoms with Gasteiger partial charge in [-0.1, -0.05) is 0 Å². The van der Waals surface area contributed by atoms with Crippen LogP contribution in [-0.4, -0.2) is 38.7 Å². The molecule has 32 heavy (non-hydrogen) atoms. The monoisotopic (exact) mass is 439 g/mol. The third-order valence-corrected chi connectivity index (χ3v) is 5.63. The van der Waals surface area contributed by atoms with Gasteiger partial charge < -0.3 is 14.6 Å². The second-order valence-electron chi connectivity index (χ2n) is 7.57. The highest BCUT2D eigenvalue weighted by molar-refractivity contribution is 5.97. The minimum absolute atomic E-state index is 0.137. The van der Waals surface area contributed by atoms with E-state index in [0.29, 0.717) is 29.8 Å². The fourth-order valence-electron chi connectivity index (χ4n) is 4.20. The highest BCUT2D eigenvalue weighted by Gasteiger charge is 2.30. The van der Waals surface area contributed by atoms with Crippen molar-refractivity contribution in [1.82, 2.24) is 19.6 Å². The van der Waals surface area contributed by atoms with E-state index in [4.69, 9.17) is 4.74 Å². The average molecular weight is 439 g/mol. The molecule has 4 heterocycles. The summed E-state index contributed by atoms with van der Waals surface area (Å²) in [4.78, 5) is 33.6. The standard InChI is InChI=1S/C22H19F2N5O3/c1-2-32-22(31)15-11-14-19(26-21(15)30)27-29-9-7-18(25-20(14)29)28-8-3-4-17(28)13-10-12(23)5-6-16(13)24/h5-7,9-11,17H,2-4,8H2,1H3,(H,26,27,30)/t17-/m1/s1. The van der Waals surface area contributed by atoms with Gasteiger partial charge in [-0.25, -0.2) is 23.1 Å². The Labute approximate surface area is 180 Å². The zero-order chi connectivity index (χ0) is 22.4. The molecule has 0 aliphatic carbocycles. The quantitative estimate of drug-likeness (QED) is 0.490. The molecule has 1 saturated heterocycles. The van der Waals surface area contributed by atoms with Crippen LogP contribution in [0.4, 0.5) is 14.6 Å². The molecule has 5 rings (SSSR count). The van der Waals surface area contributed by atoms with Crippen molar-refractivity contribution in [2.75, 3.05) is 18.1 Å². The van der Waals surface area contributed by atoms with Crippen LogP contribution in [-0.2, 0) is 4.74 Å². The van der Waals surface area contributed by atoms with E-state index in [2.05, 4.69) is 15.1 Å². The molecule has 10 heteroatoms. The lowest BCUT2D eigenvalue weighted by Crippen LogP contribution is -2.24. The van der Waals surface area contributed by atoms with Crippen molar-refractivity contribution in [3.63, 3.8) is 0 Å².